The second-order valence-corrected chi connectivity index (χ2v) is 7.51. The van der Waals surface area contributed by atoms with Crippen LogP contribution in [0, 0.1) is 19.8 Å². The van der Waals surface area contributed by atoms with Crippen LogP contribution in [0.4, 0.5) is 5.69 Å². The number of benzene rings is 2. The number of carbonyl (C=O) groups is 3. The Labute approximate surface area is 170 Å². The standard InChI is InChI=1S/C23H26N2O4/c1-15-9-10-16(2)20(11-15)24-21(26)14-29-23(28)19-12-22(27)25(13-19)17(3)18-7-5-4-6-8-18/h4-11,17,19H,12-14H2,1-3H3,(H,24,26)/t17-,19-/m0/s1. The van der Waals surface area contributed by atoms with Gasteiger partial charge in [0.25, 0.3) is 5.91 Å². The molecule has 2 atom stereocenters. The van der Waals surface area contributed by atoms with Crippen LogP contribution in [-0.4, -0.2) is 35.8 Å². The van der Waals surface area contributed by atoms with Crippen LogP contribution >= 0.6 is 0 Å². The molecule has 0 saturated carbocycles. The molecule has 1 saturated heterocycles. The summed E-state index contributed by atoms with van der Waals surface area (Å²) in [6, 6.07) is 15.3. The van der Waals surface area contributed by atoms with Crippen LogP contribution < -0.4 is 5.32 Å². The largest absolute Gasteiger partial charge is 0.455 e. The van der Waals surface area contributed by atoms with Gasteiger partial charge in [-0.05, 0) is 43.5 Å². The molecule has 2 aromatic carbocycles. The van der Waals surface area contributed by atoms with Gasteiger partial charge in [0, 0.05) is 18.7 Å². The molecule has 29 heavy (non-hydrogen) atoms. The molecule has 1 aliphatic rings. The number of esters is 1. The molecule has 0 unspecified atom stereocenters. The molecule has 0 aliphatic carbocycles. The Morgan fingerprint density at radius 1 is 1.17 bits per heavy atom. The van der Waals surface area contributed by atoms with Crippen molar-refractivity contribution in [3.05, 3.63) is 65.2 Å². The zero-order valence-corrected chi connectivity index (χ0v) is 17.0. The molecule has 2 amide bonds. The van der Waals surface area contributed by atoms with Crippen LogP contribution in [0.15, 0.2) is 48.5 Å². The minimum atomic E-state index is -0.554. The van der Waals surface area contributed by atoms with Crippen LogP contribution in [0.5, 0.6) is 0 Å². The lowest BCUT2D eigenvalue weighted by Crippen LogP contribution is -2.30. The smallest absolute Gasteiger partial charge is 0.311 e. The van der Waals surface area contributed by atoms with Crippen molar-refractivity contribution in [1.29, 1.82) is 0 Å². The number of rotatable bonds is 6. The third kappa shape index (κ3) is 5.02. The Kier molecular flexibility index (Phi) is 6.32. The summed E-state index contributed by atoms with van der Waals surface area (Å²) in [4.78, 5) is 38.6. The van der Waals surface area contributed by atoms with Gasteiger partial charge in [-0.2, -0.15) is 0 Å². The Bertz CT molecular complexity index is 910. The summed E-state index contributed by atoms with van der Waals surface area (Å²) in [6.07, 6.45) is 0.106. The van der Waals surface area contributed by atoms with Crippen LogP contribution in [0.3, 0.4) is 0 Å². The predicted molar refractivity (Wildman–Crippen MR) is 110 cm³/mol. The summed E-state index contributed by atoms with van der Waals surface area (Å²) in [7, 11) is 0. The number of amides is 2. The number of anilines is 1. The number of ether oxygens (including phenoxy) is 1. The van der Waals surface area contributed by atoms with Gasteiger partial charge in [-0.3, -0.25) is 14.4 Å². The molecule has 1 heterocycles. The first-order valence-corrected chi connectivity index (χ1v) is 9.73. The van der Waals surface area contributed by atoms with Gasteiger partial charge in [0.1, 0.15) is 0 Å². The van der Waals surface area contributed by atoms with Crippen LogP contribution in [0.25, 0.3) is 0 Å². The maximum absolute atomic E-state index is 12.4. The molecule has 0 radical (unpaired) electrons. The van der Waals surface area contributed by atoms with E-state index in [9.17, 15) is 14.4 Å². The van der Waals surface area contributed by atoms with E-state index in [1.807, 2.05) is 69.3 Å². The second-order valence-electron chi connectivity index (χ2n) is 7.51. The lowest BCUT2D eigenvalue weighted by atomic mass is 10.1. The fourth-order valence-corrected chi connectivity index (χ4v) is 3.49. The van der Waals surface area contributed by atoms with Crippen molar-refractivity contribution in [2.45, 2.75) is 33.2 Å². The van der Waals surface area contributed by atoms with Crippen LogP contribution in [-0.2, 0) is 19.1 Å². The molecule has 2 aromatic rings. The van der Waals surface area contributed by atoms with Gasteiger partial charge in [0.2, 0.25) is 5.91 Å². The maximum Gasteiger partial charge on any atom is 0.311 e. The highest BCUT2D eigenvalue weighted by molar-refractivity contribution is 5.94. The van der Waals surface area contributed by atoms with E-state index < -0.39 is 17.8 Å². The summed E-state index contributed by atoms with van der Waals surface area (Å²) in [5.41, 5.74) is 3.68. The van der Waals surface area contributed by atoms with E-state index >= 15 is 0 Å². The average molecular weight is 394 g/mol. The van der Waals surface area contributed by atoms with Gasteiger partial charge in [0.15, 0.2) is 6.61 Å². The fourth-order valence-electron chi connectivity index (χ4n) is 3.49. The zero-order chi connectivity index (χ0) is 21.0. The number of aryl methyl sites for hydroxylation is 2. The van der Waals surface area contributed by atoms with E-state index in [0.29, 0.717) is 12.2 Å². The minimum Gasteiger partial charge on any atom is -0.455 e. The topological polar surface area (TPSA) is 75.7 Å². The Morgan fingerprint density at radius 2 is 1.90 bits per heavy atom. The number of carbonyl (C=O) groups excluding carboxylic acids is 3. The number of nitrogens with zero attached hydrogens (tertiary/aromatic N) is 1. The third-order valence-corrected chi connectivity index (χ3v) is 5.25. The van der Waals surface area contributed by atoms with Crippen molar-refractivity contribution in [1.82, 2.24) is 4.90 Å². The molecule has 3 rings (SSSR count). The van der Waals surface area contributed by atoms with Crippen molar-refractivity contribution in [2.24, 2.45) is 5.92 Å². The number of hydrogen-bond acceptors (Lipinski definition) is 4. The van der Waals surface area contributed by atoms with E-state index in [1.165, 1.54) is 0 Å². The Hall–Kier alpha value is -3.15. The summed E-state index contributed by atoms with van der Waals surface area (Å²) in [6.45, 7) is 5.71. The van der Waals surface area contributed by atoms with E-state index in [2.05, 4.69) is 5.32 Å². The maximum atomic E-state index is 12.4. The Balaban J connectivity index is 1.53. The van der Waals surface area contributed by atoms with Crippen molar-refractivity contribution in [3.8, 4) is 0 Å². The highest BCUT2D eigenvalue weighted by Crippen LogP contribution is 2.29. The van der Waals surface area contributed by atoms with E-state index in [0.717, 1.165) is 16.7 Å². The van der Waals surface area contributed by atoms with Gasteiger partial charge < -0.3 is 15.0 Å². The minimum absolute atomic E-state index is 0.0804. The van der Waals surface area contributed by atoms with Gasteiger partial charge in [-0.1, -0.05) is 42.5 Å². The first-order valence-electron chi connectivity index (χ1n) is 9.73. The first kappa shape index (κ1) is 20.6. The van der Waals surface area contributed by atoms with Crippen LogP contribution in [0.1, 0.15) is 36.1 Å². The van der Waals surface area contributed by atoms with E-state index in [-0.39, 0.29) is 25.0 Å². The summed E-state index contributed by atoms with van der Waals surface area (Å²) in [5, 5.41) is 2.76. The molecule has 1 N–H and O–H groups in total. The number of nitrogens with one attached hydrogen (secondary N) is 1. The SMILES string of the molecule is Cc1ccc(C)c(NC(=O)COC(=O)[C@H]2CC(=O)N([C@@H](C)c3ccccc3)C2)c1. The predicted octanol–water partition coefficient (Wildman–Crippen LogP) is 3.39. The molecule has 0 spiro atoms. The lowest BCUT2D eigenvalue weighted by Gasteiger charge is -2.25. The van der Waals surface area contributed by atoms with Gasteiger partial charge in [-0.15, -0.1) is 0 Å². The molecule has 6 nitrogen and oxygen atoms in total. The summed E-state index contributed by atoms with van der Waals surface area (Å²) in [5.74, 6) is -1.55. The molecule has 6 heteroatoms. The zero-order valence-electron chi connectivity index (χ0n) is 17.0. The van der Waals surface area contributed by atoms with Crippen molar-refractivity contribution < 1.29 is 19.1 Å². The van der Waals surface area contributed by atoms with Crippen molar-refractivity contribution >= 4 is 23.5 Å². The van der Waals surface area contributed by atoms with Crippen molar-refractivity contribution in [3.63, 3.8) is 0 Å². The molecule has 1 aliphatic heterocycles. The molecular weight excluding hydrogens is 368 g/mol. The molecule has 152 valence electrons. The third-order valence-electron chi connectivity index (χ3n) is 5.25. The highest BCUT2D eigenvalue weighted by Gasteiger charge is 2.38. The van der Waals surface area contributed by atoms with Gasteiger partial charge in [0.05, 0.1) is 12.0 Å². The number of likely N-dealkylation sites (tertiary alicyclic amines) is 1. The Morgan fingerprint density at radius 3 is 2.62 bits per heavy atom. The quantitative estimate of drug-likeness (QED) is 0.762. The summed E-state index contributed by atoms with van der Waals surface area (Å²) < 4.78 is 5.18. The summed E-state index contributed by atoms with van der Waals surface area (Å²) >= 11 is 0. The number of hydrogen-bond donors (Lipinski definition) is 1. The lowest BCUT2D eigenvalue weighted by molar-refractivity contribution is -0.151. The second kappa shape index (κ2) is 8.90. The van der Waals surface area contributed by atoms with Gasteiger partial charge in [-0.25, -0.2) is 0 Å². The molecule has 0 bridgehead atoms. The molecular formula is C23H26N2O4. The highest BCUT2D eigenvalue weighted by atomic mass is 16.5. The monoisotopic (exact) mass is 394 g/mol. The molecule has 0 aromatic heterocycles. The first-order chi connectivity index (χ1) is 13.8. The molecule has 1 fully saturated rings. The fraction of sp³-hybridized carbons (Fsp3) is 0.348. The normalized spacial score (nSPS) is 17.1. The van der Waals surface area contributed by atoms with Gasteiger partial charge >= 0.3 is 5.97 Å². The van der Waals surface area contributed by atoms with E-state index in [1.54, 1.807) is 4.90 Å². The van der Waals surface area contributed by atoms with Crippen LogP contribution in [0.2, 0.25) is 0 Å². The van der Waals surface area contributed by atoms with Crippen molar-refractivity contribution in [2.75, 3.05) is 18.5 Å². The average Bonchev–Trinajstić information content (AvgIpc) is 3.10. The van der Waals surface area contributed by atoms with E-state index in [4.69, 9.17) is 4.74 Å².